The fourth-order valence-corrected chi connectivity index (χ4v) is 2.29. The van der Waals surface area contributed by atoms with Gasteiger partial charge in [0.05, 0.1) is 0 Å². The van der Waals surface area contributed by atoms with Gasteiger partial charge in [-0.2, -0.15) is 0 Å². The zero-order valence-electron chi connectivity index (χ0n) is 11.5. The summed E-state index contributed by atoms with van der Waals surface area (Å²) in [6.45, 7) is 4.31. The van der Waals surface area contributed by atoms with Gasteiger partial charge in [-0.05, 0) is 42.3 Å². The Bertz CT molecular complexity index is 626. The Morgan fingerprint density at radius 1 is 1.15 bits per heavy atom. The maximum absolute atomic E-state index is 11.0. The molecule has 0 aromatic heterocycles. The van der Waals surface area contributed by atoms with Crippen molar-refractivity contribution in [1.29, 1.82) is 0 Å². The molecule has 0 unspecified atom stereocenters. The second-order valence-corrected chi connectivity index (χ2v) is 5.55. The minimum Gasteiger partial charge on any atom is -0.381 e. The number of rotatable bonds is 4. The van der Waals surface area contributed by atoms with E-state index >= 15 is 0 Å². The minimum absolute atomic E-state index is 0.0652. The van der Waals surface area contributed by atoms with Crippen LogP contribution < -0.4 is 10.6 Å². The number of amides is 1. The smallest absolute Gasteiger partial charge is 0.221 e. The number of aryl methyl sites for hydroxylation is 1. The van der Waals surface area contributed by atoms with E-state index in [9.17, 15) is 4.79 Å². The molecular weight excluding hydrogens is 316 g/mol. The number of anilines is 2. The van der Waals surface area contributed by atoms with E-state index in [1.165, 1.54) is 18.1 Å². The van der Waals surface area contributed by atoms with Crippen LogP contribution in [0.25, 0.3) is 0 Å². The Kier molecular flexibility index (Phi) is 4.79. The molecule has 0 aliphatic carbocycles. The molecule has 0 spiro atoms. The Morgan fingerprint density at radius 2 is 1.90 bits per heavy atom. The fraction of sp³-hybridized carbons (Fsp3) is 0.188. The second-order valence-electron chi connectivity index (χ2n) is 4.70. The summed E-state index contributed by atoms with van der Waals surface area (Å²) in [4.78, 5) is 11.0. The van der Waals surface area contributed by atoms with Crippen LogP contribution in [0.2, 0.25) is 0 Å². The predicted octanol–water partition coefficient (Wildman–Crippen LogP) is 4.33. The first kappa shape index (κ1) is 14.6. The molecule has 0 atom stereocenters. The lowest BCUT2D eigenvalue weighted by Crippen LogP contribution is -2.06. The van der Waals surface area contributed by atoms with Crippen LogP contribution in [0.1, 0.15) is 18.1 Å². The Hall–Kier alpha value is -1.81. The van der Waals surface area contributed by atoms with Crippen LogP contribution in [0.15, 0.2) is 46.9 Å². The van der Waals surface area contributed by atoms with Gasteiger partial charge in [-0.15, -0.1) is 0 Å². The normalized spacial score (nSPS) is 10.2. The van der Waals surface area contributed by atoms with Crippen LogP contribution >= 0.6 is 15.9 Å². The van der Waals surface area contributed by atoms with E-state index in [1.54, 1.807) is 0 Å². The van der Waals surface area contributed by atoms with Crippen molar-refractivity contribution in [2.24, 2.45) is 0 Å². The van der Waals surface area contributed by atoms with E-state index in [1.807, 2.05) is 24.3 Å². The number of halogens is 1. The Balaban J connectivity index is 2.03. The third-order valence-electron chi connectivity index (χ3n) is 2.92. The van der Waals surface area contributed by atoms with E-state index in [0.717, 1.165) is 22.4 Å². The quantitative estimate of drug-likeness (QED) is 0.874. The van der Waals surface area contributed by atoms with Crippen molar-refractivity contribution < 1.29 is 4.79 Å². The summed E-state index contributed by atoms with van der Waals surface area (Å²) in [5.74, 6) is -0.0652. The number of nitrogens with one attached hydrogen (secondary N) is 2. The molecule has 0 aliphatic rings. The molecule has 2 aromatic carbocycles. The van der Waals surface area contributed by atoms with Gasteiger partial charge in [0.25, 0.3) is 0 Å². The summed E-state index contributed by atoms with van der Waals surface area (Å²) in [5.41, 5.74) is 4.20. The average Bonchev–Trinajstić information content (AvgIpc) is 2.40. The van der Waals surface area contributed by atoms with Gasteiger partial charge in [0, 0.05) is 29.3 Å². The molecule has 104 valence electrons. The summed E-state index contributed by atoms with van der Waals surface area (Å²) in [6, 6.07) is 14.0. The van der Waals surface area contributed by atoms with Gasteiger partial charge in [0.2, 0.25) is 5.91 Å². The van der Waals surface area contributed by atoms with Crippen LogP contribution in [0.5, 0.6) is 0 Å². The van der Waals surface area contributed by atoms with Crippen LogP contribution in [0.4, 0.5) is 11.4 Å². The first-order valence-corrected chi connectivity index (χ1v) is 7.20. The average molecular weight is 333 g/mol. The standard InChI is InChI=1S/C16H17BrN2O/c1-11-6-7-13(8-16(11)17)10-18-14-4-3-5-15(9-14)19-12(2)20/h3-9,18H,10H2,1-2H3,(H,19,20). The molecule has 0 saturated heterocycles. The molecule has 2 N–H and O–H groups in total. The number of hydrogen-bond donors (Lipinski definition) is 2. The van der Waals surface area contributed by atoms with E-state index in [4.69, 9.17) is 0 Å². The van der Waals surface area contributed by atoms with E-state index in [2.05, 4.69) is 51.7 Å². The lowest BCUT2D eigenvalue weighted by molar-refractivity contribution is -0.114. The van der Waals surface area contributed by atoms with Crippen LogP contribution in [-0.2, 0) is 11.3 Å². The SMILES string of the molecule is CC(=O)Nc1cccc(NCc2ccc(C)c(Br)c2)c1. The van der Waals surface area contributed by atoms with Crippen molar-refractivity contribution in [3.8, 4) is 0 Å². The molecule has 0 radical (unpaired) electrons. The van der Waals surface area contributed by atoms with Crippen molar-refractivity contribution in [2.75, 3.05) is 10.6 Å². The van der Waals surface area contributed by atoms with Gasteiger partial charge in [-0.25, -0.2) is 0 Å². The summed E-state index contributed by atoms with van der Waals surface area (Å²) < 4.78 is 1.11. The lowest BCUT2D eigenvalue weighted by Gasteiger charge is -2.10. The van der Waals surface area contributed by atoms with Crippen LogP contribution in [0.3, 0.4) is 0 Å². The summed E-state index contributed by atoms with van der Waals surface area (Å²) in [5, 5.41) is 6.12. The number of carbonyl (C=O) groups excluding carboxylic acids is 1. The van der Waals surface area contributed by atoms with Gasteiger partial charge < -0.3 is 10.6 Å². The minimum atomic E-state index is -0.0652. The van der Waals surface area contributed by atoms with Gasteiger partial charge in [-0.3, -0.25) is 4.79 Å². The topological polar surface area (TPSA) is 41.1 Å². The highest BCUT2D eigenvalue weighted by Crippen LogP contribution is 2.19. The van der Waals surface area contributed by atoms with Crippen LogP contribution in [-0.4, -0.2) is 5.91 Å². The molecule has 0 saturated carbocycles. The molecule has 0 heterocycles. The van der Waals surface area contributed by atoms with E-state index in [0.29, 0.717) is 0 Å². The van der Waals surface area contributed by atoms with Gasteiger partial charge in [0.1, 0.15) is 0 Å². The van der Waals surface area contributed by atoms with Gasteiger partial charge >= 0.3 is 0 Å². The van der Waals surface area contributed by atoms with Gasteiger partial charge in [-0.1, -0.05) is 34.1 Å². The zero-order chi connectivity index (χ0) is 14.5. The van der Waals surface area contributed by atoms with E-state index in [-0.39, 0.29) is 5.91 Å². The third-order valence-corrected chi connectivity index (χ3v) is 3.77. The highest BCUT2D eigenvalue weighted by atomic mass is 79.9. The molecule has 2 aromatic rings. The largest absolute Gasteiger partial charge is 0.381 e. The Morgan fingerprint density at radius 3 is 2.60 bits per heavy atom. The fourth-order valence-electron chi connectivity index (χ4n) is 1.86. The lowest BCUT2D eigenvalue weighted by atomic mass is 10.1. The molecule has 4 heteroatoms. The van der Waals surface area contributed by atoms with E-state index < -0.39 is 0 Å². The monoisotopic (exact) mass is 332 g/mol. The van der Waals surface area contributed by atoms with Crippen molar-refractivity contribution in [1.82, 2.24) is 0 Å². The first-order chi connectivity index (χ1) is 9.54. The molecular formula is C16H17BrN2O. The number of hydrogen-bond acceptors (Lipinski definition) is 2. The summed E-state index contributed by atoms with van der Waals surface area (Å²) >= 11 is 3.54. The predicted molar refractivity (Wildman–Crippen MR) is 87.0 cm³/mol. The van der Waals surface area contributed by atoms with Crippen molar-refractivity contribution in [3.63, 3.8) is 0 Å². The molecule has 0 aliphatic heterocycles. The highest BCUT2D eigenvalue weighted by molar-refractivity contribution is 9.10. The Labute approximate surface area is 127 Å². The maximum atomic E-state index is 11.0. The molecule has 20 heavy (non-hydrogen) atoms. The van der Waals surface area contributed by atoms with Crippen molar-refractivity contribution in [2.45, 2.75) is 20.4 Å². The summed E-state index contributed by atoms with van der Waals surface area (Å²) in [7, 11) is 0. The summed E-state index contributed by atoms with van der Waals surface area (Å²) in [6.07, 6.45) is 0. The van der Waals surface area contributed by atoms with Crippen molar-refractivity contribution >= 4 is 33.2 Å². The first-order valence-electron chi connectivity index (χ1n) is 6.41. The highest BCUT2D eigenvalue weighted by Gasteiger charge is 2.00. The molecule has 3 nitrogen and oxygen atoms in total. The molecule has 1 amide bonds. The third kappa shape index (κ3) is 4.10. The molecule has 2 rings (SSSR count). The second kappa shape index (κ2) is 6.57. The number of carbonyl (C=O) groups is 1. The zero-order valence-corrected chi connectivity index (χ0v) is 13.1. The van der Waals surface area contributed by atoms with Crippen molar-refractivity contribution in [3.05, 3.63) is 58.1 Å². The van der Waals surface area contributed by atoms with Crippen LogP contribution in [0, 0.1) is 6.92 Å². The maximum Gasteiger partial charge on any atom is 0.221 e. The number of benzene rings is 2. The molecule has 0 bridgehead atoms. The molecule has 0 fully saturated rings. The van der Waals surface area contributed by atoms with Gasteiger partial charge in [0.15, 0.2) is 0 Å².